The van der Waals surface area contributed by atoms with Crippen molar-refractivity contribution in [2.45, 2.75) is 13.3 Å². The molecule has 0 spiro atoms. The first-order valence-electron chi connectivity index (χ1n) is 4.28. The maximum atomic E-state index is 12.8. The van der Waals surface area contributed by atoms with Crippen molar-refractivity contribution in [2.24, 2.45) is 0 Å². The summed E-state index contributed by atoms with van der Waals surface area (Å²) in [5, 5.41) is 0. The highest BCUT2D eigenvalue weighted by Gasteiger charge is 2.24. The van der Waals surface area contributed by atoms with E-state index in [-0.39, 0.29) is 22.2 Å². The first kappa shape index (κ1) is 13.8. The maximum absolute atomic E-state index is 12.8. The molecule has 1 aromatic rings. The van der Waals surface area contributed by atoms with Crippen molar-refractivity contribution in [3.63, 3.8) is 0 Å². The van der Waals surface area contributed by atoms with Gasteiger partial charge in [0.05, 0.1) is 22.2 Å². The topological polar surface area (TPSA) is 39.2 Å². The minimum atomic E-state index is -2.76. The minimum absolute atomic E-state index is 0.130. The summed E-state index contributed by atoms with van der Waals surface area (Å²) >= 11 is 4.79. The smallest absolute Gasteiger partial charge is 0.340 e. The Bertz CT molecular complexity index is 415. The van der Waals surface area contributed by atoms with Crippen molar-refractivity contribution in [2.75, 3.05) is 6.61 Å². The van der Waals surface area contributed by atoms with E-state index in [0.717, 1.165) is 6.20 Å². The highest BCUT2D eigenvalue weighted by atomic mass is 127. The Balaban J connectivity index is 3.28. The number of pyridine rings is 1. The van der Waals surface area contributed by atoms with E-state index >= 15 is 0 Å². The van der Waals surface area contributed by atoms with Crippen LogP contribution in [-0.2, 0) is 4.74 Å². The standard InChI is InChI=1S/C9H7BrF2INO2/c1-2-16-9(15)4-3-14-8(13)6(10)5(4)7(11)12/h3,7H,2H2,1H3. The third-order valence-electron chi connectivity index (χ3n) is 1.73. The van der Waals surface area contributed by atoms with Gasteiger partial charge in [-0.3, -0.25) is 0 Å². The molecule has 16 heavy (non-hydrogen) atoms. The van der Waals surface area contributed by atoms with Gasteiger partial charge < -0.3 is 4.74 Å². The van der Waals surface area contributed by atoms with Crippen molar-refractivity contribution in [3.05, 3.63) is 25.5 Å². The highest BCUT2D eigenvalue weighted by Crippen LogP contribution is 2.33. The van der Waals surface area contributed by atoms with Crippen LogP contribution in [0.25, 0.3) is 0 Å². The zero-order valence-electron chi connectivity index (χ0n) is 8.14. The van der Waals surface area contributed by atoms with Crippen LogP contribution in [0.5, 0.6) is 0 Å². The second-order valence-corrected chi connectivity index (χ2v) is 4.53. The third kappa shape index (κ3) is 2.88. The van der Waals surface area contributed by atoms with E-state index in [0.29, 0.717) is 3.70 Å². The molecule has 0 N–H and O–H groups in total. The zero-order chi connectivity index (χ0) is 12.3. The predicted molar refractivity (Wildman–Crippen MR) is 65.6 cm³/mol. The lowest BCUT2D eigenvalue weighted by Crippen LogP contribution is -2.10. The lowest BCUT2D eigenvalue weighted by molar-refractivity contribution is 0.0514. The van der Waals surface area contributed by atoms with Crippen LogP contribution < -0.4 is 0 Å². The lowest BCUT2D eigenvalue weighted by atomic mass is 10.1. The number of rotatable bonds is 3. The fraction of sp³-hybridized carbons (Fsp3) is 0.333. The van der Waals surface area contributed by atoms with Gasteiger partial charge in [-0.15, -0.1) is 0 Å². The number of esters is 1. The Morgan fingerprint density at radius 3 is 2.81 bits per heavy atom. The number of alkyl halides is 2. The van der Waals surface area contributed by atoms with Crippen molar-refractivity contribution >= 4 is 44.5 Å². The number of nitrogens with zero attached hydrogens (tertiary/aromatic N) is 1. The van der Waals surface area contributed by atoms with Gasteiger partial charge in [0.25, 0.3) is 6.43 Å². The predicted octanol–water partition coefficient (Wildman–Crippen LogP) is 3.56. The Kier molecular flexibility index (Phi) is 5.03. The van der Waals surface area contributed by atoms with Crippen LogP contribution >= 0.6 is 38.5 Å². The molecule has 0 atom stereocenters. The van der Waals surface area contributed by atoms with Gasteiger partial charge >= 0.3 is 5.97 Å². The van der Waals surface area contributed by atoms with E-state index in [2.05, 4.69) is 25.7 Å². The number of hydrogen-bond donors (Lipinski definition) is 0. The van der Waals surface area contributed by atoms with Crippen LogP contribution in [0.4, 0.5) is 8.78 Å². The normalized spacial score (nSPS) is 10.6. The fourth-order valence-corrected chi connectivity index (χ4v) is 1.98. The van der Waals surface area contributed by atoms with Crippen LogP contribution in [0.1, 0.15) is 29.3 Å². The van der Waals surface area contributed by atoms with Crippen LogP contribution in [0.2, 0.25) is 0 Å². The highest BCUT2D eigenvalue weighted by molar-refractivity contribution is 14.1. The lowest BCUT2D eigenvalue weighted by Gasteiger charge is -2.10. The number of halogens is 4. The Morgan fingerprint density at radius 1 is 1.69 bits per heavy atom. The first-order valence-corrected chi connectivity index (χ1v) is 6.15. The molecule has 0 radical (unpaired) electrons. The molecule has 7 heteroatoms. The van der Waals surface area contributed by atoms with Gasteiger partial charge in [-0.2, -0.15) is 0 Å². The third-order valence-corrected chi connectivity index (χ3v) is 4.09. The molecule has 0 aromatic carbocycles. The number of carbonyl (C=O) groups is 1. The van der Waals surface area contributed by atoms with Crippen molar-refractivity contribution in [3.8, 4) is 0 Å². The van der Waals surface area contributed by atoms with Crippen molar-refractivity contribution < 1.29 is 18.3 Å². The summed E-state index contributed by atoms with van der Waals surface area (Å²) in [6.07, 6.45) is -1.66. The summed E-state index contributed by atoms with van der Waals surface area (Å²) in [6, 6.07) is 0. The molecular weight excluding hydrogens is 399 g/mol. The average Bonchev–Trinajstić information content (AvgIpc) is 2.21. The van der Waals surface area contributed by atoms with E-state index in [4.69, 9.17) is 0 Å². The minimum Gasteiger partial charge on any atom is -0.462 e. The SMILES string of the molecule is CCOC(=O)c1cnc(I)c(Br)c1C(F)F. The van der Waals surface area contributed by atoms with Gasteiger partial charge in [0.15, 0.2) is 0 Å². The summed E-state index contributed by atoms with van der Waals surface area (Å²) in [5.74, 6) is -0.789. The number of carbonyl (C=O) groups excluding carboxylic acids is 1. The molecule has 0 bridgehead atoms. The van der Waals surface area contributed by atoms with Gasteiger partial charge in [0.1, 0.15) is 3.70 Å². The Morgan fingerprint density at radius 2 is 2.31 bits per heavy atom. The average molecular weight is 406 g/mol. The molecule has 0 saturated heterocycles. The summed E-state index contributed by atoms with van der Waals surface area (Å²) < 4.78 is 30.8. The number of ether oxygens (including phenoxy) is 1. The number of hydrogen-bond acceptors (Lipinski definition) is 3. The molecule has 0 fully saturated rings. The van der Waals surface area contributed by atoms with E-state index in [9.17, 15) is 13.6 Å². The van der Waals surface area contributed by atoms with Crippen molar-refractivity contribution in [1.29, 1.82) is 0 Å². The molecular formula is C9H7BrF2INO2. The van der Waals surface area contributed by atoms with E-state index in [1.807, 2.05) is 0 Å². The van der Waals surface area contributed by atoms with Crippen LogP contribution in [0.15, 0.2) is 10.7 Å². The van der Waals surface area contributed by atoms with Crippen molar-refractivity contribution in [1.82, 2.24) is 4.98 Å². The molecule has 88 valence electrons. The maximum Gasteiger partial charge on any atom is 0.340 e. The van der Waals surface area contributed by atoms with Crippen LogP contribution in [0, 0.1) is 3.70 Å². The summed E-state index contributed by atoms with van der Waals surface area (Å²) in [6.45, 7) is 1.74. The summed E-state index contributed by atoms with van der Waals surface area (Å²) in [4.78, 5) is 15.2. The molecule has 0 aliphatic heterocycles. The molecule has 0 aliphatic rings. The summed E-state index contributed by atoms with van der Waals surface area (Å²) in [5.41, 5.74) is -0.581. The van der Waals surface area contributed by atoms with E-state index in [1.54, 1.807) is 29.5 Å². The second-order valence-electron chi connectivity index (χ2n) is 2.71. The summed E-state index contributed by atoms with van der Waals surface area (Å²) in [7, 11) is 0. The quantitative estimate of drug-likeness (QED) is 0.438. The molecule has 1 heterocycles. The van der Waals surface area contributed by atoms with Gasteiger partial charge in [0.2, 0.25) is 0 Å². The molecule has 0 amide bonds. The second kappa shape index (κ2) is 5.85. The largest absolute Gasteiger partial charge is 0.462 e. The fourth-order valence-electron chi connectivity index (χ4n) is 1.06. The Labute approximate surface area is 113 Å². The van der Waals surface area contributed by atoms with E-state index in [1.165, 1.54) is 0 Å². The molecule has 1 rings (SSSR count). The van der Waals surface area contributed by atoms with E-state index < -0.39 is 12.4 Å². The van der Waals surface area contributed by atoms with Gasteiger partial charge in [-0.1, -0.05) is 0 Å². The first-order chi connectivity index (χ1) is 7.49. The number of aromatic nitrogens is 1. The molecule has 0 unspecified atom stereocenters. The molecule has 3 nitrogen and oxygen atoms in total. The molecule has 0 saturated carbocycles. The van der Waals surface area contributed by atoms with Gasteiger partial charge in [-0.25, -0.2) is 18.6 Å². The monoisotopic (exact) mass is 405 g/mol. The molecule has 0 aliphatic carbocycles. The van der Waals surface area contributed by atoms with Gasteiger partial charge in [-0.05, 0) is 45.4 Å². The zero-order valence-corrected chi connectivity index (χ0v) is 11.9. The van der Waals surface area contributed by atoms with Crippen LogP contribution in [0.3, 0.4) is 0 Å². The molecule has 1 aromatic heterocycles. The Hall–Kier alpha value is -0.310. The van der Waals surface area contributed by atoms with Crippen LogP contribution in [-0.4, -0.2) is 17.6 Å². The van der Waals surface area contributed by atoms with Gasteiger partial charge in [0, 0.05) is 6.20 Å².